The van der Waals surface area contributed by atoms with Crippen LogP contribution in [-0.4, -0.2) is 34.3 Å². The number of nitrogens with one attached hydrogen (secondary N) is 2. The Morgan fingerprint density at radius 2 is 1.86 bits per heavy atom. The smallest absolute Gasteiger partial charge is 0.262 e. The topological polar surface area (TPSA) is 103 Å². The number of anilines is 1. The lowest BCUT2D eigenvalue weighted by Crippen LogP contribution is -2.24. The molecule has 1 amide bonds. The van der Waals surface area contributed by atoms with Crippen LogP contribution in [-0.2, 0) is 14.8 Å². The molecule has 28 heavy (non-hydrogen) atoms. The first-order valence-corrected chi connectivity index (χ1v) is 10.4. The highest BCUT2D eigenvalue weighted by Gasteiger charge is 2.15. The average Bonchev–Trinajstić information content (AvgIpc) is 3.15. The molecule has 0 aromatic heterocycles. The zero-order valence-electron chi connectivity index (χ0n) is 15.4. The maximum atomic E-state index is 12.1. The summed E-state index contributed by atoms with van der Waals surface area (Å²) >= 11 is 0. The molecule has 9 heteroatoms. The SMILES string of the molecule is CCCCNS(=O)(=O)c1ccc(NC(=O)COc2ccc3c(c2)OCO3)cc1. The number of carbonyl (C=O) groups is 1. The van der Waals surface area contributed by atoms with Crippen molar-refractivity contribution in [1.29, 1.82) is 0 Å². The van der Waals surface area contributed by atoms with Gasteiger partial charge in [-0.05, 0) is 42.8 Å². The van der Waals surface area contributed by atoms with Gasteiger partial charge in [0.15, 0.2) is 18.1 Å². The van der Waals surface area contributed by atoms with E-state index >= 15 is 0 Å². The van der Waals surface area contributed by atoms with Crippen LogP contribution in [0.1, 0.15) is 19.8 Å². The van der Waals surface area contributed by atoms with Crippen molar-refractivity contribution >= 4 is 21.6 Å². The number of rotatable bonds is 9. The van der Waals surface area contributed by atoms with E-state index < -0.39 is 10.0 Å². The Morgan fingerprint density at radius 1 is 1.11 bits per heavy atom. The standard InChI is InChI=1S/C19H22N2O6S/c1-2-3-10-20-28(23,24)16-7-4-14(5-8-16)21-19(22)12-25-15-6-9-17-18(11-15)27-13-26-17/h4-9,11,20H,2-3,10,12-13H2,1H3,(H,21,22). The van der Waals surface area contributed by atoms with Crippen molar-refractivity contribution in [3.05, 3.63) is 42.5 Å². The number of fused-ring (bicyclic) bond motifs is 1. The van der Waals surface area contributed by atoms with E-state index in [1.54, 1.807) is 18.2 Å². The highest BCUT2D eigenvalue weighted by Crippen LogP contribution is 2.35. The summed E-state index contributed by atoms with van der Waals surface area (Å²) in [6, 6.07) is 11.0. The van der Waals surface area contributed by atoms with E-state index in [0.29, 0.717) is 29.5 Å². The van der Waals surface area contributed by atoms with Crippen molar-refractivity contribution in [2.24, 2.45) is 0 Å². The molecule has 0 saturated carbocycles. The van der Waals surface area contributed by atoms with Crippen molar-refractivity contribution in [2.45, 2.75) is 24.7 Å². The van der Waals surface area contributed by atoms with E-state index in [0.717, 1.165) is 12.8 Å². The predicted molar refractivity (Wildman–Crippen MR) is 103 cm³/mol. The van der Waals surface area contributed by atoms with Crippen LogP contribution < -0.4 is 24.2 Å². The van der Waals surface area contributed by atoms with Crippen molar-refractivity contribution < 1.29 is 27.4 Å². The highest BCUT2D eigenvalue weighted by atomic mass is 32.2. The quantitative estimate of drug-likeness (QED) is 0.621. The number of benzene rings is 2. The molecule has 150 valence electrons. The van der Waals surface area contributed by atoms with Crippen molar-refractivity contribution in [3.8, 4) is 17.2 Å². The molecule has 0 fully saturated rings. The normalized spacial score (nSPS) is 12.6. The average molecular weight is 406 g/mol. The fraction of sp³-hybridized carbons (Fsp3) is 0.316. The van der Waals surface area contributed by atoms with Gasteiger partial charge in [-0.2, -0.15) is 0 Å². The Kier molecular flexibility index (Phi) is 6.37. The second kappa shape index (κ2) is 8.94. The number of sulfonamides is 1. The van der Waals surface area contributed by atoms with Gasteiger partial charge in [0.25, 0.3) is 5.91 Å². The summed E-state index contributed by atoms with van der Waals surface area (Å²) in [6.45, 7) is 2.36. The number of hydrogen-bond acceptors (Lipinski definition) is 6. The second-order valence-corrected chi connectivity index (χ2v) is 7.89. The van der Waals surface area contributed by atoms with Gasteiger partial charge < -0.3 is 19.5 Å². The monoisotopic (exact) mass is 406 g/mol. The third kappa shape index (κ3) is 5.14. The first-order valence-electron chi connectivity index (χ1n) is 8.90. The predicted octanol–water partition coefficient (Wildman–Crippen LogP) is 2.51. The molecule has 0 aliphatic carbocycles. The van der Waals surface area contributed by atoms with Crippen molar-refractivity contribution in [2.75, 3.05) is 25.3 Å². The molecule has 0 bridgehead atoms. The van der Waals surface area contributed by atoms with Crippen molar-refractivity contribution in [1.82, 2.24) is 4.72 Å². The fourth-order valence-electron chi connectivity index (χ4n) is 2.50. The Hall–Kier alpha value is -2.78. The van der Waals surface area contributed by atoms with Gasteiger partial charge in [-0.15, -0.1) is 0 Å². The van der Waals surface area contributed by atoms with Gasteiger partial charge in [-0.25, -0.2) is 13.1 Å². The van der Waals surface area contributed by atoms with Crippen LogP contribution >= 0.6 is 0 Å². The molecule has 1 aliphatic rings. The Labute approximate surface area is 163 Å². The van der Waals surface area contributed by atoms with Gasteiger partial charge in [0.1, 0.15) is 5.75 Å². The Balaban J connectivity index is 1.51. The first-order chi connectivity index (χ1) is 13.5. The Bertz CT molecular complexity index is 928. The van der Waals surface area contributed by atoms with Crippen LogP contribution in [0.5, 0.6) is 17.2 Å². The summed E-state index contributed by atoms with van der Waals surface area (Å²) in [6.07, 6.45) is 1.68. The molecule has 0 spiro atoms. The summed E-state index contributed by atoms with van der Waals surface area (Å²) in [4.78, 5) is 12.2. The van der Waals surface area contributed by atoms with Gasteiger partial charge in [0.05, 0.1) is 4.90 Å². The van der Waals surface area contributed by atoms with Gasteiger partial charge >= 0.3 is 0 Å². The lowest BCUT2D eigenvalue weighted by Gasteiger charge is -2.09. The highest BCUT2D eigenvalue weighted by molar-refractivity contribution is 7.89. The minimum absolute atomic E-state index is 0.151. The second-order valence-electron chi connectivity index (χ2n) is 6.13. The molecule has 2 aromatic carbocycles. The fourth-order valence-corrected chi connectivity index (χ4v) is 3.57. The van der Waals surface area contributed by atoms with Crippen LogP contribution in [0.25, 0.3) is 0 Å². The van der Waals surface area contributed by atoms with Crippen LogP contribution in [0.2, 0.25) is 0 Å². The Morgan fingerprint density at radius 3 is 2.61 bits per heavy atom. The molecular formula is C19H22N2O6S. The summed E-state index contributed by atoms with van der Waals surface area (Å²) in [5.74, 6) is 1.33. The third-order valence-corrected chi connectivity index (χ3v) is 5.46. The molecule has 0 saturated heterocycles. The first kappa shape index (κ1) is 20.0. The van der Waals surface area contributed by atoms with Crippen molar-refractivity contribution in [3.63, 3.8) is 0 Å². The van der Waals surface area contributed by atoms with Gasteiger partial charge in [-0.1, -0.05) is 13.3 Å². The molecule has 0 radical (unpaired) electrons. The van der Waals surface area contributed by atoms with E-state index in [4.69, 9.17) is 14.2 Å². The summed E-state index contributed by atoms with van der Waals surface area (Å²) in [5, 5.41) is 2.66. The molecule has 3 rings (SSSR count). The molecule has 0 unspecified atom stereocenters. The minimum Gasteiger partial charge on any atom is -0.484 e. The van der Waals surface area contributed by atoms with E-state index in [-0.39, 0.29) is 24.2 Å². The molecule has 8 nitrogen and oxygen atoms in total. The molecule has 1 aliphatic heterocycles. The molecule has 0 atom stereocenters. The van der Waals surface area contributed by atoms with Gasteiger partial charge in [0.2, 0.25) is 16.8 Å². The third-order valence-electron chi connectivity index (χ3n) is 3.98. The van der Waals surface area contributed by atoms with E-state index in [1.807, 2.05) is 6.92 Å². The zero-order chi connectivity index (χ0) is 20.0. The van der Waals surface area contributed by atoms with Crippen LogP contribution in [0.4, 0.5) is 5.69 Å². The number of unbranched alkanes of at least 4 members (excludes halogenated alkanes) is 1. The summed E-state index contributed by atoms with van der Waals surface area (Å²) in [7, 11) is -3.54. The molecule has 2 aromatic rings. The maximum absolute atomic E-state index is 12.1. The van der Waals surface area contributed by atoms with Crippen LogP contribution in [0.3, 0.4) is 0 Å². The van der Waals surface area contributed by atoms with Crippen LogP contribution in [0, 0.1) is 0 Å². The molecular weight excluding hydrogens is 384 g/mol. The summed E-state index contributed by atoms with van der Waals surface area (Å²) in [5.41, 5.74) is 0.479. The zero-order valence-corrected chi connectivity index (χ0v) is 16.3. The maximum Gasteiger partial charge on any atom is 0.262 e. The number of ether oxygens (including phenoxy) is 3. The molecule has 2 N–H and O–H groups in total. The van der Waals surface area contributed by atoms with E-state index in [2.05, 4.69) is 10.0 Å². The number of amides is 1. The van der Waals surface area contributed by atoms with Gasteiger partial charge in [0, 0.05) is 18.3 Å². The van der Waals surface area contributed by atoms with Gasteiger partial charge in [-0.3, -0.25) is 4.79 Å². The number of hydrogen-bond donors (Lipinski definition) is 2. The van der Waals surface area contributed by atoms with Crippen LogP contribution in [0.15, 0.2) is 47.4 Å². The largest absolute Gasteiger partial charge is 0.484 e. The lowest BCUT2D eigenvalue weighted by molar-refractivity contribution is -0.118. The minimum atomic E-state index is -3.54. The molecule has 1 heterocycles. The summed E-state index contributed by atoms with van der Waals surface area (Å²) < 4.78 is 42.7. The lowest BCUT2D eigenvalue weighted by atomic mass is 10.3. The van der Waals surface area contributed by atoms with E-state index in [1.165, 1.54) is 24.3 Å². The number of carbonyl (C=O) groups excluding carboxylic acids is 1. The van der Waals surface area contributed by atoms with E-state index in [9.17, 15) is 13.2 Å².